The van der Waals surface area contributed by atoms with Gasteiger partial charge in [-0.25, -0.2) is 19.2 Å². The minimum absolute atomic E-state index is 0.0714. The highest BCUT2D eigenvalue weighted by molar-refractivity contribution is 6.09. The van der Waals surface area contributed by atoms with Crippen molar-refractivity contribution in [3.63, 3.8) is 0 Å². The number of halogens is 1. The second-order valence-corrected chi connectivity index (χ2v) is 11.9. The second-order valence-electron chi connectivity index (χ2n) is 11.9. The molecular weight excluding hydrogens is 529 g/mol. The number of hydrogen-bond donors (Lipinski definition) is 2. The molecule has 1 aliphatic heterocycles. The summed E-state index contributed by atoms with van der Waals surface area (Å²) in [6, 6.07) is 2.80. The minimum atomic E-state index is -0.559. The highest BCUT2D eigenvalue weighted by atomic mass is 19.1. The molecule has 0 radical (unpaired) electrons. The quantitative estimate of drug-likeness (QED) is 0.397. The van der Waals surface area contributed by atoms with E-state index in [-0.39, 0.29) is 23.8 Å². The van der Waals surface area contributed by atoms with E-state index in [4.69, 9.17) is 14.2 Å². The van der Waals surface area contributed by atoms with E-state index in [9.17, 15) is 14.0 Å². The highest BCUT2D eigenvalue weighted by Gasteiger charge is 2.30. The van der Waals surface area contributed by atoms with E-state index in [1.807, 2.05) is 27.7 Å². The Morgan fingerprint density at radius 1 is 1.10 bits per heavy atom. The van der Waals surface area contributed by atoms with Gasteiger partial charge in [0.1, 0.15) is 28.4 Å². The summed E-state index contributed by atoms with van der Waals surface area (Å²) in [6.45, 7) is 10.6. The number of methoxy groups -OCH3 is 1. The zero-order valence-electron chi connectivity index (χ0n) is 24.5. The number of hydrogen-bond acceptors (Lipinski definition) is 7. The molecule has 41 heavy (non-hydrogen) atoms. The number of H-pyrrole nitrogens is 1. The Kier molecular flexibility index (Phi) is 7.80. The molecule has 0 unspecified atom stereocenters. The number of amides is 2. The van der Waals surface area contributed by atoms with Crippen molar-refractivity contribution in [1.29, 1.82) is 0 Å². The van der Waals surface area contributed by atoms with E-state index in [2.05, 4.69) is 20.3 Å². The number of nitrogens with one attached hydrogen (secondary N) is 2. The molecule has 1 saturated carbocycles. The Balaban J connectivity index is 1.41. The van der Waals surface area contributed by atoms with Gasteiger partial charge in [-0.05, 0) is 72.3 Å². The first-order valence-corrected chi connectivity index (χ1v) is 14.1. The molecule has 220 valence electrons. The fourth-order valence-electron chi connectivity index (χ4n) is 5.05. The average Bonchev–Trinajstić information content (AvgIpc) is 3.67. The van der Waals surface area contributed by atoms with E-state index in [0.717, 1.165) is 12.8 Å². The maximum Gasteiger partial charge on any atom is 0.410 e. The zero-order chi connectivity index (χ0) is 29.5. The number of rotatable bonds is 7. The van der Waals surface area contributed by atoms with Gasteiger partial charge in [0, 0.05) is 36.5 Å². The molecule has 3 aromatic rings. The molecule has 11 heteroatoms. The fraction of sp³-hybridized carbons (Fsp3) is 0.533. The molecule has 2 fully saturated rings. The van der Waals surface area contributed by atoms with Gasteiger partial charge in [0.15, 0.2) is 11.6 Å². The summed E-state index contributed by atoms with van der Waals surface area (Å²) in [6.07, 6.45) is 3.08. The molecule has 2 N–H and O–H groups in total. The summed E-state index contributed by atoms with van der Waals surface area (Å²) in [7, 11) is 1.41. The van der Waals surface area contributed by atoms with E-state index >= 15 is 0 Å². The molecule has 1 aliphatic carbocycles. The van der Waals surface area contributed by atoms with Gasteiger partial charge in [0.05, 0.1) is 24.8 Å². The molecule has 2 aromatic heterocycles. The van der Waals surface area contributed by atoms with Crippen LogP contribution in [0.5, 0.6) is 11.5 Å². The van der Waals surface area contributed by atoms with Crippen molar-refractivity contribution in [2.45, 2.75) is 71.9 Å². The summed E-state index contributed by atoms with van der Waals surface area (Å²) in [5.41, 5.74) is 2.60. The van der Waals surface area contributed by atoms with Crippen LogP contribution in [0.2, 0.25) is 0 Å². The molecular formula is C30H38FN5O5. The maximum absolute atomic E-state index is 14.7. The predicted molar refractivity (Wildman–Crippen MR) is 152 cm³/mol. The zero-order valence-corrected chi connectivity index (χ0v) is 24.5. The lowest BCUT2D eigenvalue weighted by atomic mass is 10.0. The van der Waals surface area contributed by atoms with Crippen LogP contribution in [0, 0.1) is 25.6 Å². The van der Waals surface area contributed by atoms with Crippen LogP contribution in [0.4, 0.5) is 9.18 Å². The van der Waals surface area contributed by atoms with Crippen molar-refractivity contribution in [2.24, 2.45) is 5.92 Å². The van der Waals surface area contributed by atoms with E-state index in [1.54, 1.807) is 17.9 Å². The second kappa shape index (κ2) is 11.2. The van der Waals surface area contributed by atoms with E-state index < -0.39 is 11.4 Å². The number of aromatic nitrogens is 3. The third-order valence-corrected chi connectivity index (χ3v) is 7.33. The first-order valence-electron chi connectivity index (χ1n) is 14.1. The molecule has 10 nitrogen and oxygen atoms in total. The summed E-state index contributed by atoms with van der Waals surface area (Å²) >= 11 is 0. The van der Waals surface area contributed by atoms with Gasteiger partial charge in [-0.1, -0.05) is 0 Å². The van der Waals surface area contributed by atoms with Crippen molar-refractivity contribution < 1.29 is 28.2 Å². The van der Waals surface area contributed by atoms with E-state index in [0.29, 0.717) is 83.6 Å². The van der Waals surface area contributed by atoms with Crippen LogP contribution in [-0.2, 0) is 4.74 Å². The summed E-state index contributed by atoms with van der Waals surface area (Å²) in [5, 5.41) is 3.13. The number of aromatic amines is 1. The average molecular weight is 568 g/mol. The van der Waals surface area contributed by atoms with Crippen LogP contribution in [-0.4, -0.2) is 70.3 Å². The van der Waals surface area contributed by atoms with Crippen molar-refractivity contribution in [3.8, 4) is 22.8 Å². The maximum atomic E-state index is 14.7. The van der Waals surface area contributed by atoms with Gasteiger partial charge in [0.25, 0.3) is 5.91 Å². The Morgan fingerprint density at radius 3 is 2.44 bits per heavy atom. The summed E-state index contributed by atoms with van der Waals surface area (Å²) < 4.78 is 31.5. The van der Waals surface area contributed by atoms with Crippen LogP contribution < -0.4 is 14.8 Å². The number of carbonyl (C=O) groups excluding carboxylic acids is 2. The van der Waals surface area contributed by atoms with Gasteiger partial charge in [0.2, 0.25) is 0 Å². The highest BCUT2D eigenvalue weighted by Crippen LogP contribution is 2.40. The van der Waals surface area contributed by atoms with Crippen molar-refractivity contribution in [3.05, 3.63) is 35.0 Å². The molecule has 2 aliphatic rings. The van der Waals surface area contributed by atoms with Gasteiger partial charge < -0.3 is 29.4 Å². The smallest absolute Gasteiger partial charge is 0.410 e. The normalized spacial score (nSPS) is 16.1. The molecule has 0 atom stereocenters. The first kappa shape index (κ1) is 28.6. The van der Waals surface area contributed by atoms with Crippen LogP contribution in [0.3, 0.4) is 0 Å². The molecule has 3 heterocycles. The summed E-state index contributed by atoms with van der Waals surface area (Å²) in [5.74, 6) is 0.591. The Hall–Kier alpha value is -3.89. The number of carbonyl (C=O) groups is 2. The molecule has 0 bridgehead atoms. The Morgan fingerprint density at radius 2 is 1.80 bits per heavy atom. The molecule has 0 spiro atoms. The standard InChI is InChI=1S/C30H38FN5O5/c1-16-24(28(37)35-19-9-11-36(12-10-19)29(38)41-30(3,4)5)26-27(32-16)25(33-17(2)34-26)20-13-23(39-6)21(31)14-22(20)40-15-18-7-8-18/h13-14,18-19,32H,7-12,15H2,1-6H3,(H,35,37). The molecule has 5 rings (SSSR count). The van der Waals surface area contributed by atoms with Gasteiger partial charge in [-0.3, -0.25) is 4.79 Å². The first-order chi connectivity index (χ1) is 19.4. The number of benzene rings is 1. The predicted octanol–water partition coefficient (Wildman–Crippen LogP) is 5.31. The monoisotopic (exact) mass is 567 g/mol. The minimum Gasteiger partial charge on any atom is -0.494 e. The SMILES string of the molecule is COc1cc(-c2nc(C)nc3c(C(=O)NC4CCN(C(=O)OC(C)(C)C)CC4)c(C)[nH]c23)c(OCC2CC2)cc1F. The van der Waals surface area contributed by atoms with Gasteiger partial charge >= 0.3 is 6.09 Å². The molecule has 1 aromatic carbocycles. The number of piperidine rings is 1. The van der Waals surface area contributed by atoms with Crippen LogP contribution in [0.15, 0.2) is 12.1 Å². The van der Waals surface area contributed by atoms with Crippen molar-refractivity contribution in [1.82, 2.24) is 25.2 Å². The number of fused-ring (bicyclic) bond motifs is 1. The molecule has 2 amide bonds. The molecule has 1 saturated heterocycles. The number of aryl methyl sites for hydroxylation is 2. The topological polar surface area (TPSA) is 119 Å². The lowest BCUT2D eigenvalue weighted by molar-refractivity contribution is 0.0199. The fourth-order valence-corrected chi connectivity index (χ4v) is 5.05. The lowest BCUT2D eigenvalue weighted by Gasteiger charge is -2.33. The Labute approximate surface area is 239 Å². The third kappa shape index (κ3) is 6.39. The number of likely N-dealkylation sites (tertiary alicyclic amines) is 1. The number of ether oxygens (including phenoxy) is 3. The van der Waals surface area contributed by atoms with Crippen molar-refractivity contribution in [2.75, 3.05) is 26.8 Å². The van der Waals surface area contributed by atoms with Gasteiger partial charge in [-0.2, -0.15) is 0 Å². The van der Waals surface area contributed by atoms with Crippen molar-refractivity contribution >= 4 is 23.0 Å². The van der Waals surface area contributed by atoms with Gasteiger partial charge in [-0.15, -0.1) is 0 Å². The van der Waals surface area contributed by atoms with Crippen LogP contribution in [0.1, 0.15) is 68.3 Å². The summed E-state index contributed by atoms with van der Waals surface area (Å²) in [4.78, 5) is 40.3. The largest absolute Gasteiger partial charge is 0.494 e. The van der Waals surface area contributed by atoms with E-state index in [1.165, 1.54) is 13.2 Å². The lowest BCUT2D eigenvalue weighted by Crippen LogP contribution is -2.47. The number of nitrogens with zero attached hydrogens (tertiary/aromatic N) is 3. The van der Waals surface area contributed by atoms with Crippen LogP contribution in [0.25, 0.3) is 22.3 Å². The Bertz CT molecular complexity index is 1470. The third-order valence-electron chi connectivity index (χ3n) is 7.33. The van der Waals surface area contributed by atoms with Crippen LogP contribution >= 0.6 is 0 Å².